The molecule has 2 aromatic heterocycles. The van der Waals surface area contributed by atoms with Crippen molar-refractivity contribution in [1.82, 2.24) is 19.7 Å². The molecule has 0 aromatic carbocycles. The summed E-state index contributed by atoms with van der Waals surface area (Å²) in [6, 6.07) is 3.64. The normalized spacial score (nSPS) is 23.7. The zero-order valence-electron chi connectivity index (χ0n) is 11.4. The highest BCUT2D eigenvalue weighted by Crippen LogP contribution is 2.19. The minimum Gasteiger partial charge on any atom is -0.378 e. The van der Waals surface area contributed by atoms with Gasteiger partial charge < -0.3 is 10.2 Å². The number of aromatic nitrogens is 3. The van der Waals surface area contributed by atoms with Crippen LogP contribution < -0.4 is 5.32 Å². The van der Waals surface area contributed by atoms with Gasteiger partial charge in [0.1, 0.15) is 6.17 Å². The van der Waals surface area contributed by atoms with Crippen molar-refractivity contribution in [2.75, 3.05) is 25.5 Å². The van der Waals surface area contributed by atoms with Gasteiger partial charge in [0, 0.05) is 25.5 Å². The minimum atomic E-state index is -0.859. The van der Waals surface area contributed by atoms with E-state index in [1.807, 2.05) is 30.3 Å². The van der Waals surface area contributed by atoms with Crippen molar-refractivity contribution in [3.63, 3.8) is 0 Å². The molecular formula is C14H18FN5. The number of halogens is 1. The van der Waals surface area contributed by atoms with Crippen LogP contribution in [0.15, 0.2) is 36.9 Å². The van der Waals surface area contributed by atoms with Crippen LogP contribution >= 0.6 is 0 Å². The molecule has 0 spiro atoms. The molecule has 3 heterocycles. The number of alkyl halides is 1. The van der Waals surface area contributed by atoms with Gasteiger partial charge in [0.05, 0.1) is 29.8 Å². The molecule has 3 rings (SSSR count). The Hall–Kier alpha value is -1.95. The van der Waals surface area contributed by atoms with Gasteiger partial charge in [0.2, 0.25) is 0 Å². The molecule has 2 atom stereocenters. The third-order valence-electron chi connectivity index (χ3n) is 3.59. The van der Waals surface area contributed by atoms with E-state index in [1.165, 1.54) is 0 Å². The monoisotopic (exact) mass is 275 g/mol. The number of anilines is 1. The van der Waals surface area contributed by atoms with E-state index >= 15 is 0 Å². The number of rotatable bonds is 3. The molecular weight excluding hydrogens is 257 g/mol. The fourth-order valence-corrected chi connectivity index (χ4v) is 2.49. The van der Waals surface area contributed by atoms with Gasteiger partial charge in [-0.05, 0) is 25.6 Å². The van der Waals surface area contributed by atoms with E-state index in [4.69, 9.17) is 0 Å². The summed E-state index contributed by atoms with van der Waals surface area (Å²) in [7, 11) is 1.95. The third-order valence-corrected chi connectivity index (χ3v) is 3.59. The van der Waals surface area contributed by atoms with Crippen molar-refractivity contribution in [2.24, 2.45) is 0 Å². The van der Waals surface area contributed by atoms with Crippen molar-refractivity contribution in [2.45, 2.75) is 18.6 Å². The molecule has 0 unspecified atom stereocenters. The average Bonchev–Trinajstić information content (AvgIpc) is 2.96. The van der Waals surface area contributed by atoms with E-state index in [-0.39, 0.29) is 6.04 Å². The second kappa shape index (κ2) is 5.58. The van der Waals surface area contributed by atoms with Crippen LogP contribution in [0.2, 0.25) is 0 Å². The SMILES string of the molecule is CN1CC[C@@H](Nc2cncc(-n3cccn3)c2)[C@@H](F)C1. The zero-order chi connectivity index (χ0) is 13.9. The molecule has 6 heteroatoms. The van der Waals surface area contributed by atoms with Crippen LogP contribution in [0.3, 0.4) is 0 Å². The number of hydrogen-bond donors (Lipinski definition) is 1. The lowest BCUT2D eigenvalue weighted by Gasteiger charge is -2.33. The first-order valence-electron chi connectivity index (χ1n) is 6.76. The second-order valence-electron chi connectivity index (χ2n) is 5.20. The van der Waals surface area contributed by atoms with Crippen molar-refractivity contribution >= 4 is 5.69 Å². The Morgan fingerprint density at radius 3 is 3.05 bits per heavy atom. The average molecular weight is 275 g/mol. The summed E-state index contributed by atoms with van der Waals surface area (Å²) in [5.74, 6) is 0. The van der Waals surface area contributed by atoms with Gasteiger partial charge in [-0.1, -0.05) is 0 Å². The maximum Gasteiger partial charge on any atom is 0.133 e. The zero-order valence-corrected chi connectivity index (χ0v) is 11.4. The number of nitrogens with one attached hydrogen (secondary N) is 1. The molecule has 1 aliphatic heterocycles. The third kappa shape index (κ3) is 2.80. The maximum absolute atomic E-state index is 14.0. The molecule has 5 nitrogen and oxygen atoms in total. The first-order chi connectivity index (χ1) is 9.72. The number of pyridine rings is 1. The van der Waals surface area contributed by atoms with Gasteiger partial charge in [0.25, 0.3) is 0 Å². The van der Waals surface area contributed by atoms with Crippen LogP contribution in [-0.2, 0) is 0 Å². The first kappa shape index (κ1) is 13.1. The molecule has 0 amide bonds. The quantitative estimate of drug-likeness (QED) is 0.926. The van der Waals surface area contributed by atoms with Crippen LogP contribution in [-0.4, -0.2) is 52.0 Å². The Balaban J connectivity index is 1.73. The lowest BCUT2D eigenvalue weighted by molar-refractivity contribution is 0.149. The lowest BCUT2D eigenvalue weighted by atomic mass is 10.0. The van der Waals surface area contributed by atoms with E-state index < -0.39 is 6.17 Å². The Bertz CT molecular complexity index is 556. The Morgan fingerprint density at radius 1 is 1.40 bits per heavy atom. The minimum absolute atomic E-state index is 0.152. The summed E-state index contributed by atoms with van der Waals surface area (Å²) in [6.45, 7) is 1.38. The predicted octanol–water partition coefficient (Wildman–Crippen LogP) is 1.72. The molecule has 1 aliphatic rings. The summed E-state index contributed by atoms with van der Waals surface area (Å²) >= 11 is 0. The van der Waals surface area contributed by atoms with E-state index in [0.717, 1.165) is 24.3 Å². The molecule has 1 fully saturated rings. The van der Waals surface area contributed by atoms with Crippen molar-refractivity contribution in [3.05, 3.63) is 36.9 Å². The topological polar surface area (TPSA) is 46.0 Å². The number of hydrogen-bond acceptors (Lipinski definition) is 4. The highest BCUT2D eigenvalue weighted by atomic mass is 19.1. The van der Waals surface area contributed by atoms with Gasteiger partial charge in [-0.3, -0.25) is 4.98 Å². The van der Waals surface area contributed by atoms with E-state index in [2.05, 4.69) is 15.4 Å². The van der Waals surface area contributed by atoms with E-state index in [0.29, 0.717) is 6.54 Å². The van der Waals surface area contributed by atoms with E-state index in [1.54, 1.807) is 23.3 Å². The lowest BCUT2D eigenvalue weighted by Crippen LogP contribution is -2.46. The van der Waals surface area contributed by atoms with Gasteiger partial charge in [-0.25, -0.2) is 9.07 Å². The van der Waals surface area contributed by atoms with Crippen molar-refractivity contribution < 1.29 is 4.39 Å². The second-order valence-corrected chi connectivity index (χ2v) is 5.20. The molecule has 2 aromatic rings. The summed E-state index contributed by atoms with van der Waals surface area (Å²) in [4.78, 5) is 6.21. The number of piperidine rings is 1. The molecule has 106 valence electrons. The standard InChI is InChI=1S/C14H18FN5/c1-19-6-3-14(13(15)10-19)18-11-7-12(9-16-8-11)20-5-2-4-17-20/h2,4-5,7-9,13-14,18H,3,6,10H2,1H3/t13-,14+/m0/s1. The number of nitrogens with zero attached hydrogens (tertiary/aromatic N) is 4. The molecule has 0 aliphatic carbocycles. The van der Waals surface area contributed by atoms with Crippen LogP contribution in [0.4, 0.5) is 10.1 Å². The van der Waals surface area contributed by atoms with Crippen molar-refractivity contribution in [3.8, 4) is 5.69 Å². The van der Waals surface area contributed by atoms with Gasteiger partial charge in [-0.2, -0.15) is 5.10 Å². The molecule has 1 N–H and O–H groups in total. The highest BCUT2D eigenvalue weighted by Gasteiger charge is 2.27. The van der Waals surface area contributed by atoms with Crippen LogP contribution in [0, 0.1) is 0 Å². The van der Waals surface area contributed by atoms with Crippen molar-refractivity contribution in [1.29, 1.82) is 0 Å². The summed E-state index contributed by atoms with van der Waals surface area (Å²) in [5, 5.41) is 7.42. The van der Waals surface area contributed by atoms with Gasteiger partial charge in [-0.15, -0.1) is 0 Å². The summed E-state index contributed by atoms with van der Waals surface area (Å²) in [5.41, 5.74) is 1.69. The summed E-state index contributed by atoms with van der Waals surface area (Å²) < 4.78 is 15.8. The maximum atomic E-state index is 14.0. The fourth-order valence-electron chi connectivity index (χ4n) is 2.49. The van der Waals surface area contributed by atoms with Gasteiger partial charge >= 0.3 is 0 Å². The molecule has 0 radical (unpaired) electrons. The summed E-state index contributed by atoms with van der Waals surface area (Å²) in [6.07, 6.45) is 6.96. The predicted molar refractivity (Wildman–Crippen MR) is 75.8 cm³/mol. The molecule has 0 saturated carbocycles. The van der Waals surface area contributed by atoms with Crippen LogP contribution in [0.5, 0.6) is 0 Å². The Kier molecular flexibility index (Phi) is 3.64. The highest BCUT2D eigenvalue weighted by molar-refractivity contribution is 5.48. The fraction of sp³-hybridized carbons (Fsp3) is 0.429. The molecule has 1 saturated heterocycles. The first-order valence-corrected chi connectivity index (χ1v) is 6.76. The molecule has 0 bridgehead atoms. The van der Waals surface area contributed by atoms with Crippen LogP contribution in [0.25, 0.3) is 5.69 Å². The smallest absolute Gasteiger partial charge is 0.133 e. The van der Waals surface area contributed by atoms with E-state index in [9.17, 15) is 4.39 Å². The van der Waals surface area contributed by atoms with Crippen LogP contribution in [0.1, 0.15) is 6.42 Å². The van der Waals surface area contributed by atoms with Gasteiger partial charge in [0.15, 0.2) is 0 Å². The number of likely N-dealkylation sites (tertiary alicyclic amines) is 1. The largest absolute Gasteiger partial charge is 0.378 e. The molecule has 20 heavy (non-hydrogen) atoms. The Labute approximate surface area is 117 Å². The Morgan fingerprint density at radius 2 is 2.30 bits per heavy atom.